The smallest absolute Gasteiger partial charge is 0.243 e. The fourth-order valence-electron chi connectivity index (χ4n) is 4.27. The van der Waals surface area contributed by atoms with Gasteiger partial charge in [-0.3, -0.25) is 5.43 Å². The molecule has 4 aromatic rings. The lowest BCUT2D eigenvalue weighted by Crippen LogP contribution is -2.48. The summed E-state index contributed by atoms with van der Waals surface area (Å²) in [5.41, 5.74) is 5.43. The van der Waals surface area contributed by atoms with E-state index in [2.05, 4.69) is 33.7 Å². The average Bonchev–Trinajstić information content (AvgIpc) is 3.33. The van der Waals surface area contributed by atoms with Gasteiger partial charge in [-0.05, 0) is 36.8 Å². The van der Waals surface area contributed by atoms with Crippen LogP contribution in [0.15, 0.2) is 82.1 Å². The van der Waals surface area contributed by atoms with Crippen LogP contribution in [0.3, 0.4) is 0 Å². The van der Waals surface area contributed by atoms with Crippen LogP contribution in [0.1, 0.15) is 19.4 Å². The first-order chi connectivity index (χ1) is 16.9. The van der Waals surface area contributed by atoms with Gasteiger partial charge in [0.15, 0.2) is 0 Å². The van der Waals surface area contributed by atoms with E-state index in [1.165, 1.54) is 15.6 Å². The van der Waals surface area contributed by atoms with Crippen LogP contribution >= 0.6 is 11.3 Å². The van der Waals surface area contributed by atoms with Crippen molar-refractivity contribution in [1.29, 1.82) is 0 Å². The van der Waals surface area contributed by atoms with E-state index in [0.29, 0.717) is 23.9 Å². The minimum atomic E-state index is -3.62. The van der Waals surface area contributed by atoms with Crippen LogP contribution in [0, 0.1) is 0 Å². The molecule has 5 rings (SSSR count). The quantitative estimate of drug-likeness (QED) is 0.287. The molecule has 1 aromatic heterocycles. The van der Waals surface area contributed by atoms with Crippen molar-refractivity contribution in [3.63, 3.8) is 0 Å². The van der Waals surface area contributed by atoms with Gasteiger partial charge in [-0.15, -0.1) is 11.3 Å². The molecule has 1 N–H and O–H groups in total. The zero-order chi connectivity index (χ0) is 24.4. The summed E-state index contributed by atoms with van der Waals surface area (Å²) in [6.07, 6.45) is 1.50. The Hall–Kier alpha value is -3.11. The molecular weight excluding hydrogens is 480 g/mol. The van der Waals surface area contributed by atoms with Crippen LogP contribution in [-0.4, -0.2) is 49.2 Å². The Morgan fingerprint density at radius 1 is 1.06 bits per heavy atom. The molecule has 0 saturated carbocycles. The van der Waals surface area contributed by atoms with Crippen molar-refractivity contribution in [2.75, 3.05) is 18.5 Å². The number of morpholine rings is 1. The van der Waals surface area contributed by atoms with Gasteiger partial charge in [0.1, 0.15) is 0 Å². The summed E-state index contributed by atoms with van der Waals surface area (Å²) < 4.78 is 33.7. The number of sulfonamides is 1. The molecule has 35 heavy (non-hydrogen) atoms. The van der Waals surface area contributed by atoms with Crippen LogP contribution in [-0.2, 0) is 14.8 Å². The van der Waals surface area contributed by atoms with Crippen LogP contribution in [0.4, 0.5) is 5.13 Å². The standard InChI is InChI=1S/C26H26N4O3S2/c1-18-15-30(16-19(2)33-18)35(31,32)23-11-6-9-21(13-23)25-17-34-26(28-25)29-27-14-22-10-5-8-20-7-3-4-12-24(20)22/h3-14,17-19H,15-16H2,1-2H3,(H,28,29). The molecule has 0 amide bonds. The molecule has 7 nitrogen and oxygen atoms in total. The molecule has 0 aliphatic carbocycles. The van der Waals surface area contributed by atoms with E-state index >= 15 is 0 Å². The van der Waals surface area contributed by atoms with E-state index < -0.39 is 10.0 Å². The van der Waals surface area contributed by atoms with Crippen LogP contribution in [0.2, 0.25) is 0 Å². The molecule has 1 saturated heterocycles. The zero-order valence-electron chi connectivity index (χ0n) is 19.5. The van der Waals surface area contributed by atoms with Gasteiger partial charge >= 0.3 is 0 Å². The number of thiazole rings is 1. The lowest BCUT2D eigenvalue weighted by molar-refractivity contribution is -0.0440. The van der Waals surface area contributed by atoms with Gasteiger partial charge in [0.2, 0.25) is 15.2 Å². The number of fused-ring (bicyclic) bond motifs is 1. The first-order valence-electron chi connectivity index (χ1n) is 11.4. The third kappa shape index (κ3) is 5.13. The van der Waals surface area contributed by atoms with Crippen molar-refractivity contribution < 1.29 is 13.2 Å². The SMILES string of the molecule is CC1CN(S(=O)(=O)c2cccc(-c3csc(NN=Cc4cccc5ccccc45)n3)c2)CC(C)O1. The summed E-state index contributed by atoms with van der Waals surface area (Å²) in [4.78, 5) is 4.86. The molecule has 3 aromatic carbocycles. The summed E-state index contributed by atoms with van der Waals surface area (Å²) in [6, 6.07) is 21.2. The Labute approximate surface area is 209 Å². The second-order valence-corrected chi connectivity index (χ2v) is 11.4. The van der Waals surface area contributed by atoms with Crippen LogP contribution in [0.5, 0.6) is 0 Å². The zero-order valence-corrected chi connectivity index (χ0v) is 21.1. The molecule has 9 heteroatoms. The number of nitrogens with zero attached hydrogens (tertiary/aromatic N) is 3. The number of hydrazone groups is 1. The lowest BCUT2D eigenvalue weighted by atomic mass is 10.1. The fraction of sp³-hybridized carbons (Fsp3) is 0.231. The predicted molar refractivity (Wildman–Crippen MR) is 141 cm³/mol. The molecule has 1 aliphatic heterocycles. The van der Waals surface area contributed by atoms with Gasteiger partial charge in [0.25, 0.3) is 0 Å². The first-order valence-corrected chi connectivity index (χ1v) is 13.7. The van der Waals surface area contributed by atoms with Crippen molar-refractivity contribution in [2.45, 2.75) is 31.0 Å². The molecule has 0 radical (unpaired) electrons. The predicted octanol–water partition coefficient (Wildman–Crippen LogP) is 5.21. The van der Waals surface area contributed by atoms with E-state index in [1.54, 1.807) is 24.4 Å². The van der Waals surface area contributed by atoms with Gasteiger partial charge in [0.05, 0.1) is 29.0 Å². The Kier molecular flexibility index (Phi) is 6.66. The average molecular weight is 507 g/mol. The number of ether oxygens (including phenoxy) is 1. The topological polar surface area (TPSA) is 83.9 Å². The number of nitrogens with one attached hydrogen (secondary N) is 1. The Morgan fingerprint density at radius 3 is 2.63 bits per heavy atom. The van der Waals surface area contributed by atoms with Crippen LogP contribution in [0.25, 0.3) is 22.0 Å². The third-order valence-corrected chi connectivity index (χ3v) is 8.42. The normalized spacial score (nSPS) is 19.4. The van der Waals surface area contributed by atoms with Gasteiger partial charge in [-0.1, -0.05) is 54.6 Å². The van der Waals surface area contributed by atoms with Gasteiger partial charge in [0, 0.05) is 29.6 Å². The van der Waals surface area contributed by atoms with Gasteiger partial charge < -0.3 is 4.74 Å². The molecule has 2 heterocycles. The summed E-state index contributed by atoms with van der Waals surface area (Å²) in [5.74, 6) is 0. The van der Waals surface area contributed by atoms with Crippen molar-refractivity contribution in [3.8, 4) is 11.3 Å². The highest BCUT2D eigenvalue weighted by Crippen LogP contribution is 2.29. The summed E-state index contributed by atoms with van der Waals surface area (Å²) >= 11 is 1.41. The minimum absolute atomic E-state index is 0.140. The summed E-state index contributed by atoms with van der Waals surface area (Å²) in [7, 11) is -3.62. The maximum absolute atomic E-state index is 13.3. The Balaban J connectivity index is 1.33. The Bertz CT molecular complexity index is 1470. The second-order valence-electron chi connectivity index (χ2n) is 8.58. The molecular formula is C26H26N4O3S2. The maximum atomic E-state index is 13.3. The number of aromatic nitrogens is 1. The van der Waals surface area contributed by atoms with Crippen molar-refractivity contribution in [1.82, 2.24) is 9.29 Å². The minimum Gasteiger partial charge on any atom is -0.373 e. The number of rotatable bonds is 6. The number of hydrogen-bond acceptors (Lipinski definition) is 7. The van der Waals surface area contributed by atoms with Crippen molar-refractivity contribution in [2.24, 2.45) is 5.10 Å². The number of benzene rings is 3. The molecule has 2 atom stereocenters. The number of anilines is 1. The van der Waals surface area contributed by atoms with Crippen LogP contribution < -0.4 is 5.43 Å². The van der Waals surface area contributed by atoms with Crippen molar-refractivity contribution in [3.05, 3.63) is 77.7 Å². The largest absolute Gasteiger partial charge is 0.373 e. The number of hydrogen-bond donors (Lipinski definition) is 1. The molecule has 1 fully saturated rings. The van der Waals surface area contributed by atoms with Gasteiger partial charge in [-0.25, -0.2) is 13.4 Å². The van der Waals surface area contributed by atoms with E-state index in [0.717, 1.165) is 21.9 Å². The lowest BCUT2D eigenvalue weighted by Gasteiger charge is -2.34. The molecule has 0 spiro atoms. The highest BCUT2D eigenvalue weighted by molar-refractivity contribution is 7.89. The first kappa shape index (κ1) is 23.6. The molecule has 2 unspecified atom stereocenters. The van der Waals surface area contributed by atoms with Crippen molar-refractivity contribution >= 4 is 43.5 Å². The van der Waals surface area contributed by atoms with Gasteiger partial charge in [-0.2, -0.15) is 9.41 Å². The second kappa shape index (κ2) is 9.87. The third-order valence-electron chi connectivity index (χ3n) is 5.85. The van der Waals surface area contributed by atoms with E-state index in [9.17, 15) is 8.42 Å². The molecule has 180 valence electrons. The molecule has 0 bridgehead atoms. The maximum Gasteiger partial charge on any atom is 0.243 e. The molecule has 1 aliphatic rings. The highest BCUT2D eigenvalue weighted by atomic mass is 32.2. The van der Waals surface area contributed by atoms with E-state index in [4.69, 9.17) is 4.74 Å². The Morgan fingerprint density at radius 2 is 1.80 bits per heavy atom. The summed E-state index contributed by atoms with van der Waals surface area (Å²) in [6.45, 7) is 4.47. The monoisotopic (exact) mass is 506 g/mol. The highest BCUT2D eigenvalue weighted by Gasteiger charge is 2.32. The summed E-state index contributed by atoms with van der Waals surface area (Å²) in [5, 5.41) is 9.16. The van der Waals surface area contributed by atoms with E-state index in [1.807, 2.05) is 49.6 Å². The van der Waals surface area contributed by atoms with E-state index in [-0.39, 0.29) is 17.1 Å². The fourth-order valence-corrected chi connectivity index (χ4v) is 6.58.